The molecule has 0 saturated heterocycles. The summed E-state index contributed by atoms with van der Waals surface area (Å²) in [7, 11) is 1.65. The van der Waals surface area contributed by atoms with E-state index in [4.69, 9.17) is 9.47 Å². The second-order valence-electron chi connectivity index (χ2n) is 8.53. The van der Waals surface area contributed by atoms with E-state index in [1.165, 1.54) is 16.3 Å². The maximum Gasteiger partial charge on any atom is 0.119 e. The summed E-state index contributed by atoms with van der Waals surface area (Å²) in [4.78, 5) is 0. The molecule has 2 atom stereocenters. The number of methoxy groups -OCH3 is 1. The zero-order valence-corrected chi connectivity index (χ0v) is 18.4. The molecule has 0 bridgehead atoms. The molecule has 0 fully saturated rings. The summed E-state index contributed by atoms with van der Waals surface area (Å²) in [5.41, 5.74) is 2.18. The fourth-order valence-electron chi connectivity index (χ4n) is 3.62. The highest BCUT2D eigenvalue weighted by Gasteiger charge is 2.20. The van der Waals surface area contributed by atoms with Gasteiger partial charge in [-0.3, -0.25) is 0 Å². The lowest BCUT2D eigenvalue weighted by atomic mass is 9.93. The van der Waals surface area contributed by atoms with Gasteiger partial charge in [0, 0.05) is 12.1 Å². The molecule has 30 heavy (non-hydrogen) atoms. The van der Waals surface area contributed by atoms with Crippen LogP contribution in [0.25, 0.3) is 10.8 Å². The Labute approximate surface area is 179 Å². The number of hydrogen-bond acceptors (Lipinski definition) is 4. The van der Waals surface area contributed by atoms with E-state index in [1.807, 2.05) is 31.2 Å². The van der Waals surface area contributed by atoms with Crippen LogP contribution in [0.5, 0.6) is 5.75 Å². The highest BCUT2D eigenvalue weighted by molar-refractivity contribution is 5.83. The number of aliphatic hydroxyl groups excluding tert-OH is 1. The van der Waals surface area contributed by atoms with E-state index < -0.39 is 6.10 Å². The maximum atomic E-state index is 10.4. The molecule has 2 unspecified atom stereocenters. The van der Waals surface area contributed by atoms with Gasteiger partial charge in [-0.15, -0.1) is 0 Å². The van der Waals surface area contributed by atoms with Crippen LogP contribution in [0.2, 0.25) is 0 Å². The van der Waals surface area contributed by atoms with Gasteiger partial charge in [-0.1, -0.05) is 54.6 Å². The number of aliphatic hydroxyl groups is 1. The first kappa shape index (κ1) is 22.3. The van der Waals surface area contributed by atoms with Crippen LogP contribution >= 0.6 is 0 Å². The van der Waals surface area contributed by atoms with Gasteiger partial charge in [0.25, 0.3) is 0 Å². The van der Waals surface area contributed by atoms with E-state index >= 15 is 0 Å². The molecule has 3 rings (SSSR count). The van der Waals surface area contributed by atoms with Crippen molar-refractivity contribution in [3.8, 4) is 5.75 Å². The van der Waals surface area contributed by atoms with E-state index in [2.05, 4.69) is 61.6 Å². The molecule has 0 aliphatic rings. The lowest BCUT2D eigenvalue weighted by molar-refractivity contribution is -0.00423. The second-order valence-corrected chi connectivity index (χ2v) is 8.53. The first-order valence-corrected chi connectivity index (χ1v) is 10.5. The van der Waals surface area contributed by atoms with Gasteiger partial charge in [0.2, 0.25) is 0 Å². The van der Waals surface area contributed by atoms with Crippen molar-refractivity contribution in [3.05, 3.63) is 77.9 Å². The molecule has 0 aliphatic heterocycles. The molecule has 0 saturated carbocycles. The summed E-state index contributed by atoms with van der Waals surface area (Å²) < 4.78 is 11.1. The topological polar surface area (TPSA) is 50.7 Å². The minimum absolute atomic E-state index is 0.111. The van der Waals surface area contributed by atoms with Gasteiger partial charge in [-0.25, -0.2) is 0 Å². The van der Waals surface area contributed by atoms with Crippen molar-refractivity contribution in [2.24, 2.45) is 0 Å². The monoisotopic (exact) mass is 407 g/mol. The van der Waals surface area contributed by atoms with Crippen LogP contribution in [0.15, 0.2) is 66.7 Å². The Hall–Kier alpha value is -2.40. The molecule has 2 N–H and O–H groups in total. The van der Waals surface area contributed by atoms with E-state index in [0.717, 1.165) is 17.7 Å². The van der Waals surface area contributed by atoms with Gasteiger partial charge in [0.05, 0.1) is 25.9 Å². The Morgan fingerprint density at radius 1 is 0.967 bits per heavy atom. The summed E-state index contributed by atoms with van der Waals surface area (Å²) in [6.07, 6.45) is 0.195. The number of rotatable bonds is 10. The summed E-state index contributed by atoms with van der Waals surface area (Å²) in [5.74, 6) is 0.806. The first-order chi connectivity index (χ1) is 14.4. The fourth-order valence-corrected chi connectivity index (χ4v) is 3.62. The molecule has 160 valence electrons. The minimum Gasteiger partial charge on any atom is -0.497 e. The zero-order valence-electron chi connectivity index (χ0n) is 18.4. The number of nitrogens with one attached hydrogen (secondary N) is 1. The molecule has 4 heteroatoms. The average Bonchev–Trinajstić information content (AvgIpc) is 2.75. The molecule has 0 amide bonds. The number of ether oxygens (including phenoxy) is 2. The molecule has 0 spiro atoms. The van der Waals surface area contributed by atoms with Crippen LogP contribution in [0.1, 0.15) is 38.0 Å². The highest BCUT2D eigenvalue weighted by atomic mass is 16.5. The molecular formula is C26H33NO3. The van der Waals surface area contributed by atoms with Gasteiger partial charge >= 0.3 is 0 Å². The Kier molecular flexibility index (Phi) is 7.48. The molecule has 4 nitrogen and oxygen atoms in total. The van der Waals surface area contributed by atoms with Crippen molar-refractivity contribution in [3.63, 3.8) is 0 Å². The van der Waals surface area contributed by atoms with Crippen molar-refractivity contribution < 1.29 is 14.6 Å². The average molecular weight is 408 g/mol. The smallest absolute Gasteiger partial charge is 0.119 e. The van der Waals surface area contributed by atoms with Crippen LogP contribution in [0.3, 0.4) is 0 Å². The van der Waals surface area contributed by atoms with Crippen molar-refractivity contribution in [2.75, 3.05) is 20.3 Å². The zero-order chi connectivity index (χ0) is 21.6. The first-order valence-electron chi connectivity index (χ1n) is 10.5. The summed E-state index contributed by atoms with van der Waals surface area (Å²) >= 11 is 0. The Bertz CT molecular complexity index is 954. The number of hydrogen-bond donors (Lipinski definition) is 2. The molecule has 0 aliphatic carbocycles. The largest absolute Gasteiger partial charge is 0.497 e. The quantitative estimate of drug-likeness (QED) is 0.502. The third kappa shape index (κ3) is 6.30. The van der Waals surface area contributed by atoms with Crippen molar-refractivity contribution in [1.29, 1.82) is 0 Å². The lowest BCUT2D eigenvalue weighted by Crippen LogP contribution is -2.46. The van der Waals surface area contributed by atoms with Crippen LogP contribution in [-0.4, -0.2) is 37.0 Å². The number of β-amino-alcohol motifs (C(OH)–C–C–N with tert-alkyl or cyclic N) is 1. The third-order valence-electron chi connectivity index (χ3n) is 5.38. The van der Waals surface area contributed by atoms with Crippen molar-refractivity contribution in [1.82, 2.24) is 5.32 Å². The molecule has 3 aromatic carbocycles. The lowest BCUT2D eigenvalue weighted by Gasteiger charge is -2.28. The van der Waals surface area contributed by atoms with E-state index in [-0.39, 0.29) is 18.2 Å². The SMILES string of the molecule is COc1cccc(C(C)OCC(O)CNC(C)(C)Cc2ccc3ccccc3c2)c1. The summed E-state index contributed by atoms with van der Waals surface area (Å²) in [6.45, 7) is 7.06. The normalized spacial score (nSPS) is 13.9. The van der Waals surface area contributed by atoms with Crippen LogP contribution in [-0.2, 0) is 11.2 Å². The van der Waals surface area contributed by atoms with Gasteiger partial charge in [0.15, 0.2) is 0 Å². The summed E-state index contributed by atoms with van der Waals surface area (Å²) in [5, 5.41) is 16.4. The fraction of sp³-hybridized carbons (Fsp3) is 0.385. The second kappa shape index (κ2) is 10.1. The molecule has 0 radical (unpaired) electrons. The van der Waals surface area contributed by atoms with Crippen molar-refractivity contribution >= 4 is 10.8 Å². The van der Waals surface area contributed by atoms with Gasteiger partial charge < -0.3 is 19.9 Å². The molecule has 3 aromatic rings. The Balaban J connectivity index is 1.48. The van der Waals surface area contributed by atoms with Gasteiger partial charge in [0.1, 0.15) is 5.75 Å². The van der Waals surface area contributed by atoms with Crippen LogP contribution in [0.4, 0.5) is 0 Å². The Morgan fingerprint density at radius 2 is 1.73 bits per heavy atom. The van der Waals surface area contributed by atoms with Crippen LogP contribution < -0.4 is 10.1 Å². The molecular weight excluding hydrogens is 374 g/mol. The van der Waals surface area contributed by atoms with E-state index in [1.54, 1.807) is 7.11 Å². The molecule has 0 heterocycles. The van der Waals surface area contributed by atoms with Gasteiger partial charge in [-0.2, -0.15) is 0 Å². The number of fused-ring (bicyclic) bond motifs is 1. The standard InChI is InChI=1S/C26H33NO3/c1-19(22-10-7-11-25(15-22)29-4)30-18-24(28)17-27-26(2,3)16-20-12-13-21-8-5-6-9-23(21)14-20/h5-15,19,24,27-28H,16-18H2,1-4H3. The predicted octanol–water partition coefficient (Wildman–Crippen LogP) is 4.90. The van der Waals surface area contributed by atoms with E-state index in [0.29, 0.717) is 6.54 Å². The Morgan fingerprint density at radius 3 is 2.50 bits per heavy atom. The summed E-state index contributed by atoms with van der Waals surface area (Å²) in [6, 6.07) is 22.8. The van der Waals surface area contributed by atoms with Crippen molar-refractivity contribution in [2.45, 2.75) is 44.9 Å². The maximum absolute atomic E-state index is 10.4. The minimum atomic E-state index is -0.575. The third-order valence-corrected chi connectivity index (χ3v) is 5.38. The van der Waals surface area contributed by atoms with E-state index in [9.17, 15) is 5.11 Å². The predicted molar refractivity (Wildman–Crippen MR) is 123 cm³/mol. The van der Waals surface area contributed by atoms with Gasteiger partial charge in [-0.05, 0) is 61.2 Å². The van der Waals surface area contributed by atoms with Crippen LogP contribution in [0, 0.1) is 0 Å². The number of benzene rings is 3. The highest BCUT2D eigenvalue weighted by Crippen LogP contribution is 2.22. The molecule has 0 aromatic heterocycles.